The fourth-order valence-corrected chi connectivity index (χ4v) is 9.96. The molecule has 0 N–H and O–H groups in total. The quantitative estimate of drug-likeness (QED) is 0.143. The predicted octanol–water partition coefficient (Wildman–Crippen LogP) is 15.9. The maximum Gasteiger partial charge on any atom is 0.329 e. The first-order valence-electron chi connectivity index (χ1n) is 22.2. The second kappa shape index (κ2) is 15.8. The van der Waals surface area contributed by atoms with Gasteiger partial charge >= 0.3 is 6.03 Å². The van der Waals surface area contributed by atoms with Crippen molar-refractivity contribution in [2.45, 2.75) is 27.7 Å². The Balaban J connectivity index is 0.880. The zero-order valence-electron chi connectivity index (χ0n) is 36.6. The number of hydrogen-bond acceptors (Lipinski definition) is 3. The molecule has 0 bridgehead atoms. The summed E-state index contributed by atoms with van der Waals surface area (Å²) >= 11 is 0. The smallest absolute Gasteiger partial charge is 0.310 e. The average Bonchev–Trinajstić information content (AvgIpc) is 3.74. The molecule has 2 amide bonds. The molecule has 10 aromatic carbocycles. The predicted molar refractivity (Wildman–Crippen MR) is 271 cm³/mol. The van der Waals surface area contributed by atoms with Gasteiger partial charge in [-0.3, -0.25) is 9.80 Å². The Labute approximate surface area is 374 Å². The SMILES string of the molecule is Cc1c(C)c2cc(N(c3ccccc3)c3ccc(N4CCN(c5ccc(N(c6ccccc6)c6ccc7c(c6)c(C)c(C)c6ccccc67)cc5)C4=O)cc3)ccc2c2ccccc12. The van der Waals surface area contributed by atoms with E-state index < -0.39 is 0 Å². The van der Waals surface area contributed by atoms with E-state index in [0.717, 1.165) is 45.5 Å². The lowest BCUT2D eigenvalue weighted by atomic mass is 9.92. The maximum absolute atomic E-state index is 14.2. The Hall–Kier alpha value is -7.89. The fourth-order valence-electron chi connectivity index (χ4n) is 9.96. The number of aryl methyl sites for hydroxylation is 4. The summed E-state index contributed by atoms with van der Waals surface area (Å²) in [5.41, 5.74) is 13.3. The van der Waals surface area contributed by atoms with Crippen LogP contribution >= 0.6 is 0 Å². The molecule has 5 nitrogen and oxygen atoms in total. The fraction of sp³-hybridized carbons (Fsp3) is 0.102. The molecule has 310 valence electrons. The second-order valence-corrected chi connectivity index (χ2v) is 17.0. The third kappa shape index (κ3) is 6.51. The molecule has 1 aliphatic rings. The number of carbonyl (C=O) groups excluding carboxylic acids is 1. The van der Waals surface area contributed by atoms with Crippen LogP contribution in [0.15, 0.2) is 194 Å². The van der Waals surface area contributed by atoms with Crippen molar-refractivity contribution in [2.24, 2.45) is 0 Å². The third-order valence-electron chi connectivity index (χ3n) is 13.6. The lowest BCUT2D eigenvalue weighted by molar-refractivity contribution is 0.256. The van der Waals surface area contributed by atoms with Gasteiger partial charge in [-0.2, -0.15) is 0 Å². The van der Waals surface area contributed by atoms with Gasteiger partial charge in [-0.05, 0) is 190 Å². The van der Waals surface area contributed by atoms with Crippen LogP contribution in [0.5, 0.6) is 0 Å². The monoisotopic (exact) mass is 828 g/mol. The first-order chi connectivity index (χ1) is 31.3. The van der Waals surface area contributed by atoms with Gasteiger partial charge in [0.2, 0.25) is 0 Å². The van der Waals surface area contributed by atoms with Crippen molar-refractivity contribution < 1.29 is 4.79 Å². The highest BCUT2D eigenvalue weighted by atomic mass is 16.2. The molecule has 1 fully saturated rings. The Bertz CT molecular complexity index is 3170. The zero-order chi connectivity index (χ0) is 43.5. The van der Waals surface area contributed by atoms with Crippen molar-refractivity contribution in [3.8, 4) is 0 Å². The molecule has 0 spiro atoms. The van der Waals surface area contributed by atoms with Crippen LogP contribution in [-0.2, 0) is 0 Å². The standard InChI is InChI=1S/C59H48N4O/c1-39-41(3)57-37-49(31-33-55(57)53-21-13-11-19-51(39)53)62(45-15-7-5-8-16-45)47-27-23-43(24-28-47)60-35-36-61(59(60)64)44-25-29-48(30-26-44)63(46-17-9-6-10-18-46)50-32-34-56-54-22-14-12-20-52(54)40(2)42(4)58(56)38-50/h5-34,37-38H,35-36H2,1-4H3. The Morgan fingerprint density at radius 2 is 0.609 bits per heavy atom. The van der Waals surface area contributed by atoms with Crippen molar-refractivity contribution in [2.75, 3.05) is 32.7 Å². The molecule has 5 heteroatoms. The van der Waals surface area contributed by atoms with E-state index in [0.29, 0.717) is 13.1 Å². The molecular formula is C59H48N4O. The van der Waals surface area contributed by atoms with Crippen molar-refractivity contribution in [3.05, 3.63) is 216 Å². The van der Waals surface area contributed by atoms with Gasteiger partial charge in [-0.25, -0.2) is 4.79 Å². The van der Waals surface area contributed by atoms with Gasteiger partial charge in [0.15, 0.2) is 0 Å². The summed E-state index contributed by atoms with van der Waals surface area (Å²) in [4.78, 5) is 22.6. The second-order valence-electron chi connectivity index (χ2n) is 17.0. The van der Waals surface area contributed by atoms with Gasteiger partial charge < -0.3 is 9.80 Å². The number of anilines is 8. The lowest BCUT2D eigenvalue weighted by Gasteiger charge is -2.27. The minimum Gasteiger partial charge on any atom is -0.310 e. The molecule has 64 heavy (non-hydrogen) atoms. The summed E-state index contributed by atoms with van der Waals surface area (Å²) in [6.45, 7) is 10.1. The van der Waals surface area contributed by atoms with Crippen LogP contribution in [0.1, 0.15) is 22.3 Å². The Kier molecular flexibility index (Phi) is 9.62. The number of rotatable bonds is 8. The van der Waals surface area contributed by atoms with E-state index in [1.54, 1.807) is 0 Å². The number of benzene rings is 10. The van der Waals surface area contributed by atoms with E-state index in [-0.39, 0.29) is 6.03 Å². The van der Waals surface area contributed by atoms with E-state index in [1.165, 1.54) is 65.3 Å². The highest BCUT2D eigenvalue weighted by Gasteiger charge is 2.31. The van der Waals surface area contributed by atoms with Gasteiger partial charge in [-0.15, -0.1) is 0 Å². The number of fused-ring (bicyclic) bond motifs is 6. The third-order valence-corrected chi connectivity index (χ3v) is 13.6. The summed E-state index contributed by atoms with van der Waals surface area (Å²) in [7, 11) is 0. The molecule has 11 rings (SSSR count). The summed E-state index contributed by atoms with van der Waals surface area (Å²) in [6.07, 6.45) is 0. The topological polar surface area (TPSA) is 30.0 Å². The molecular weight excluding hydrogens is 781 g/mol. The Morgan fingerprint density at radius 3 is 1.00 bits per heavy atom. The van der Waals surface area contributed by atoms with Crippen LogP contribution in [-0.4, -0.2) is 19.1 Å². The number of para-hydroxylation sites is 2. The van der Waals surface area contributed by atoms with Crippen LogP contribution < -0.4 is 19.6 Å². The molecule has 0 atom stereocenters. The van der Waals surface area contributed by atoms with Crippen LogP contribution in [0.4, 0.5) is 50.3 Å². The number of carbonyl (C=O) groups is 1. The largest absolute Gasteiger partial charge is 0.329 e. The molecule has 0 saturated carbocycles. The highest BCUT2D eigenvalue weighted by molar-refractivity contribution is 6.13. The van der Waals surface area contributed by atoms with Crippen LogP contribution in [0.25, 0.3) is 43.1 Å². The van der Waals surface area contributed by atoms with Gasteiger partial charge in [-0.1, -0.05) is 97.1 Å². The maximum atomic E-state index is 14.2. The van der Waals surface area contributed by atoms with Gasteiger partial charge in [0.1, 0.15) is 0 Å². The normalized spacial score (nSPS) is 12.8. The zero-order valence-corrected chi connectivity index (χ0v) is 36.6. The molecule has 1 heterocycles. The van der Waals surface area contributed by atoms with E-state index in [1.807, 2.05) is 9.80 Å². The summed E-state index contributed by atoms with van der Waals surface area (Å²) in [5.74, 6) is 0. The lowest BCUT2D eigenvalue weighted by Crippen LogP contribution is -2.31. The number of amides is 2. The van der Waals surface area contributed by atoms with Crippen molar-refractivity contribution >= 4 is 94.6 Å². The minimum atomic E-state index is -0.0273. The summed E-state index contributed by atoms with van der Waals surface area (Å²) in [5, 5.41) is 10.2. The molecule has 0 aliphatic carbocycles. The molecule has 0 aromatic heterocycles. The average molecular weight is 829 g/mol. The van der Waals surface area contributed by atoms with Crippen molar-refractivity contribution in [1.82, 2.24) is 0 Å². The van der Waals surface area contributed by atoms with Gasteiger partial charge in [0.25, 0.3) is 0 Å². The Morgan fingerprint density at radius 1 is 0.312 bits per heavy atom. The highest BCUT2D eigenvalue weighted by Crippen LogP contribution is 2.42. The van der Waals surface area contributed by atoms with E-state index >= 15 is 0 Å². The molecule has 0 unspecified atom stereocenters. The van der Waals surface area contributed by atoms with Gasteiger partial charge in [0, 0.05) is 58.6 Å². The van der Waals surface area contributed by atoms with Crippen LogP contribution in [0, 0.1) is 27.7 Å². The van der Waals surface area contributed by atoms with E-state index in [4.69, 9.17) is 0 Å². The molecule has 10 aromatic rings. The molecule has 1 aliphatic heterocycles. The molecule has 0 radical (unpaired) electrons. The first-order valence-corrected chi connectivity index (χ1v) is 22.2. The van der Waals surface area contributed by atoms with E-state index in [2.05, 4.69) is 232 Å². The van der Waals surface area contributed by atoms with Crippen molar-refractivity contribution in [1.29, 1.82) is 0 Å². The summed E-state index contributed by atoms with van der Waals surface area (Å²) < 4.78 is 0. The van der Waals surface area contributed by atoms with Crippen molar-refractivity contribution in [3.63, 3.8) is 0 Å². The van der Waals surface area contributed by atoms with Gasteiger partial charge in [0.05, 0.1) is 0 Å². The number of hydrogen-bond donors (Lipinski definition) is 0. The van der Waals surface area contributed by atoms with Crippen LogP contribution in [0.2, 0.25) is 0 Å². The van der Waals surface area contributed by atoms with E-state index in [9.17, 15) is 4.79 Å². The number of urea groups is 1. The van der Waals surface area contributed by atoms with Crippen LogP contribution in [0.3, 0.4) is 0 Å². The number of nitrogens with zero attached hydrogens (tertiary/aromatic N) is 4. The first kappa shape index (κ1) is 39.0. The minimum absolute atomic E-state index is 0.0273. The molecule has 1 saturated heterocycles. The summed E-state index contributed by atoms with van der Waals surface area (Å²) in [6, 6.07) is 68.8.